The minimum absolute atomic E-state index is 0.150. The van der Waals surface area contributed by atoms with Gasteiger partial charge in [-0.25, -0.2) is 4.39 Å². The van der Waals surface area contributed by atoms with Gasteiger partial charge in [-0.05, 0) is 78.9 Å². The summed E-state index contributed by atoms with van der Waals surface area (Å²) < 4.78 is 23.9. The molecule has 1 heterocycles. The molecule has 1 aliphatic heterocycles. The highest BCUT2D eigenvalue weighted by Crippen LogP contribution is 2.34. The number of carbonyl (C=O) groups excluding carboxylic acids is 4. The van der Waals surface area contributed by atoms with E-state index in [1.54, 1.807) is 30.3 Å². The van der Waals surface area contributed by atoms with Gasteiger partial charge in [0.05, 0.1) is 12.0 Å². The van der Waals surface area contributed by atoms with Crippen LogP contribution in [0.3, 0.4) is 0 Å². The summed E-state index contributed by atoms with van der Waals surface area (Å²) in [7, 11) is 1.42. The molecule has 0 atom stereocenters. The molecule has 3 aromatic rings. The van der Waals surface area contributed by atoms with Crippen LogP contribution in [0.2, 0.25) is 0 Å². The monoisotopic (exact) mass is 549 g/mol. The van der Waals surface area contributed by atoms with E-state index >= 15 is 0 Å². The maximum absolute atomic E-state index is 13.0. The Morgan fingerprint density at radius 1 is 0.923 bits per heavy atom. The molecule has 39 heavy (non-hydrogen) atoms. The first-order valence-electron chi connectivity index (χ1n) is 11.7. The molecule has 0 aliphatic carbocycles. The van der Waals surface area contributed by atoms with E-state index < -0.39 is 35.3 Å². The number of benzene rings is 3. The Balaban J connectivity index is 1.37. The number of ether oxygens (including phenoxy) is 2. The number of halogens is 1. The van der Waals surface area contributed by atoms with Gasteiger partial charge in [0.2, 0.25) is 5.91 Å². The largest absolute Gasteiger partial charge is 0.493 e. The van der Waals surface area contributed by atoms with E-state index in [0.717, 1.165) is 22.2 Å². The summed E-state index contributed by atoms with van der Waals surface area (Å²) >= 11 is 0.731. The molecule has 200 valence electrons. The van der Waals surface area contributed by atoms with Crippen molar-refractivity contribution in [2.24, 2.45) is 0 Å². The lowest BCUT2D eigenvalue weighted by Gasteiger charge is -2.13. The molecule has 1 fully saturated rings. The van der Waals surface area contributed by atoms with Crippen molar-refractivity contribution in [1.82, 2.24) is 4.90 Å². The van der Waals surface area contributed by atoms with Gasteiger partial charge in [-0.3, -0.25) is 24.1 Å². The standard InChI is InChI=1S/C28H24FN3O6S/c1-17-3-8-20(9-4-17)30-25(33)15-32-27(35)24(39-28(32)36)14-18-5-12-22(23(13-18)37-2)38-16-26(34)31-21-10-6-19(29)7-11-21/h3-14H,15-16H2,1-2H3,(H,30,33)(H,31,34). The zero-order valence-corrected chi connectivity index (χ0v) is 21.8. The average Bonchev–Trinajstić information content (AvgIpc) is 3.17. The van der Waals surface area contributed by atoms with Crippen molar-refractivity contribution >= 4 is 52.2 Å². The van der Waals surface area contributed by atoms with Crippen molar-refractivity contribution in [3.63, 3.8) is 0 Å². The maximum atomic E-state index is 13.0. The van der Waals surface area contributed by atoms with Gasteiger partial charge in [-0.15, -0.1) is 0 Å². The fraction of sp³-hybridized carbons (Fsp3) is 0.143. The van der Waals surface area contributed by atoms with Crippen LogP contribution < -0.4 is 20.1 Å². The molecule has 0 unspecified atom stereocenters. The number of amides is 4. The summed E-state index contributed by atoms with van der Waals surface area (Å²) in [5.41, 5.74) is 2.57. The summed E-state index contributed by atoms with van der Waals surface area (Å²) in [6, 6.07) is 17.3. The second-order valence-electron chi connectivity index (χ2n) is 8.44. The Hall–Kier alpha value is -4.64. The molecule has 0 saturated carbocycles. The molecule has 11 heteroatoms. The van der Waals surface area contributed by atoms with Gasteiger partial charge < -0.3 is 20.1 Å². The summed E-state index contributed by atoms with van der Waals surface area (Å²) in [6.45, 7) is 1.19. The molecular weight excluding hydrogens is 525 g/mol. The van der Waals surface area contributed by atoms with Crippen LogP contribution in [-0.4, -0.2) is 48.1 Å². The number of anilines is 2. The van der Waals surface area contributed by atoms with E-state index in [2.05, 4.69) is 10.6 Å². The lowest BCUT2D eigenvalue weighted by atomic mass is 10.2. The van der Waals surface area contributed by atoms with Crippen LogP contribution in [0, 0.1) is 12.7 Å². The van der Waals surface area contributed by atoms with Gasteiger partial charge in [0.15, 0.2) is 18.1 Å². The molecule has 3 aromatic carbocycles. The Morgan fingerprint density at radius 2 is 1.56 bits per heavy atom. The quantitative estimate of drug-likeness (QED) is 0.367. The van der Waals surface area contributed by atoms with Crippen LogP contribution in [0.5, 0.6) is 11.5 Å². The van der Waals surface area contributed by atoms with Gasteiger partial charge in [-0.2, -0.15) is 0 Å². The van der Waals surface area contributed by atoms with Gasteiger partial charge in [0.25, 0.3) is 17.1 Å². The number of hydrogen-bond acceptors (Lipinski definition) is 7. The summed E-state index contributed by atoms with van der Waals surface area (Å²) in [6.07, 6.45) is 1.51. The van der Waals surface area contributed by atoms with Crippen LogP contribution in [0.4, 0.5) is 20.6 Å². The fourth-order valence-corrected chi connectivity index (χ4v) is 4.37. The molecule has 1 aliphatic rings. The average molecular weight is 550 g/mol. The van der Waals surface area contributed by atoms with Crippen LogP contribution in [0.1, 0.15) is 11.1 Å². The number of rotatable bonds is 9. The number of thioether (sulfide) groups is 1. The molecule has 0 bridgehead atoms. The normalized spacial score (nSPS) is 13.9. The number of hydrogen-bond donors (Lipinski definition) is 2. The smallest absolute Gasteiger partial charge is 0.294 e. The lowest BCUT2D eigenvalue weighted by molar-refractivity contribution is -0.127. The predicted octanol–water partition coefficient (Wildman–Crippen LogP) is 4.84. The SMILES string of the molecule is COc1cc(C=C2SC(=O)N(CC(=O)Nc3ccc(C)cc3)C2=O)ccc1OCC(=O)Nc1ccc(F)cc1. The molecule has 4 amide bonds. The number of aryl methyl sites for hydroxylation is 1. The van der Waals surface area contributed by atoms with Crippen LogP contribution in [0.15, 0.2) is 71.6 Å². The molecule has 0 aromatic heterocycles. The zero-order valence-electron chi connectivity index (χ0n) is 21.0. The second-order valence-corrected chi connectivity index (χ2v) is 9.43. The van der Waals surface area contributed by atoms with Crippen molar-refractivity contribution in [1.29, 1.82) is 0 Å². The molecule has 2 N–H and O–H groups in total. The van der Waals surface area contributed by atoms with Crippen molar-refractivity contribution in [2.75, 3.05) is 30.9 Å². The van der Waals surface area contributed by atoms with E-state index in [1.165, 1.54) is 37.5 Å². The van der Waals surface area contributed by atoms with Crippen LogP contribution >= 0.6 is 11.8 Å². The topological polar surface area (TPSA) is 114 Å². The highest BCUT2D eigenvalue weighted by atomic mass is 32.2. The van der Waals surface area contributed by atoms with Crippen molar-refractivity contribution in [2.45, 2.75) is 6.92 Å². The van der Waals surface area contributed by atoms with Crippen molar-refractivity contribution in [3.05, 3.63) is 88.6 Å². The third-order valence-corrected chi connectivity index (χ3v) is 6.39. The lowest BCUT2D eigenvalue weighted by Crippen LogP contribution is -2.36. The van der Waals surface area contributed by atoms with Gasteiger partial charge >= 0.3 is 0 Å². The molecule has 9 nitrogen and oxygen atoms in total. The first kappa shape index (κ1) is 27.4. The number of imide groups is 1. The fourth-order valence-electron chi connectivity index (χ4n) is 3.54. The number of nitrogens with zero attached hydrogens (tertiary/aromatic N) is 1. The Kier molecular flexibility index (Phi) is 8.62. The van der Waals surface area contributed by atoms with E-state index in [9.17, 15) is 23.6 Å². The van der Waals surface area contributed by atoms with Crippen LogP contribution in [-0.2, 0) is 14.4 Å². The number of nitrogens with one attached hydrogen (secondary N) is 2. The van der Waals surface area contributed by atoms with E-state index in [-0.39, 0.29) is 17.3 Å². The maximum Gasteiger partial charge on any atom is 0.294 e. The van der Waals surface area contributed by atoms with Gasteiger partial charge in [-0.1, -0.05) is 23.8 Å². The van der Waals surface area contributed by atoms with Crippen molar-refractivity contribution < 1.29 is 33.0 Å². The predicted molar refractivity (Wildman–Crippen MR) is 146 cm³/mol. The van der Waals surface area contributed by atoms with E-state index in [4.69, 9.17) is 9.47 Å². The molecular formula is C28H24FN3O6S. The highest BCUT2D eigenvalue weighted by molar-refractivity contribution is 8.18. The third kappa shape index (κ3) is 7.23. The van der Waals surface area contributed by atoms with E-state index in [1.807, 2.05) is 19.1 Å². The molecule has 4 rings (SSSR count). The minimum Gasteiger partial charge on any atom is -0.493 e. The number of carbonyl (C=O) groups is 4. The van der Waals surface area contributed by atoms with E-state index in [0.29, 0.717) is 22.7 Å². The zero-order chi connectivity index (χ0) is 27.9. The molecule has 0 spiro atoms. The molecule has 0 radical (unpaired) electrons. The first-order chi connectivity index (χ1) is 18.7. The second kappa shape index (κ2) is 12.3. The Bertz CT molecular complexity index is 1440. The minimum atomic E-state index is -0.583. The van der Waals surface area contributed by atoms with Gasteiger partial charge in [0, 0.05) is 11.4 Å². The Morgan fingerprint density at radius 3 is 2.23 bits per heavy atom. The Labute approximate surface area is 228 Å². The summed E-state index contributed by atoms with van der Waals surface area (Å²) in [5.74, 6) is -1.36. The highest BCUT2D eigenvalue weighted by Gasteiger charge is 2.36. The van der Waals surface area contributed by atoms with Crippen LogP contribution in [0.25, 0.3) is 6.08 Å². The summed E-state index contributed by atoms with van der Waals surface area (Å²) in [4.78, 5) is 50.9. The molecule has 1 saturated heterocycles. The third-order valence-electron chi connectivity index (χ3n) is 5.48. The van der Waals surface area contributed by atoms with Gasteiger partial charge in [0.1, 0.15) is 12.4 Å². The number of methoxy groups -OCH3 is 1. The first-order valence-corrected chi connectivity index (χ1v) is 12.5. The summed E-state index contributed by atoms with van der Waals surface area (Å²) in [5, 5.41) is 4.71. The van der Waals surface area contributed by atoms with Crippen molar-refractivity contribution in [3.8, 4) is 11.5 Å².